The molecule has 0 radical (unpaired) electrons. The van der Waals surface area contributed by atoms with Gasteiger partial charge in [0.25, 0.3) is 11.7 Å². The van der Waals surface area contributed by atoms with Crippen LogP contribution in [0.3, 0.4) is 0 Å². The van der Waals surface area contributed by atoms with Crippen LogP contribution in [-0.4, -0.2) is 47.0 Å². The van der Waals surface area contributed by atoms with Crippen LogP contribution in [0.1, 0.15) is 37.7 Å². The summed E-state index contributed by atoms with van der Waals surface area (Å²) in [6.45, 7) is 1.09. The maximum Gasteiger partial charge on any atom is 0.295 e. The number of rotatable bonds is 4. The van der Waals surface area contributed by atoms with Gasteiger partial charge in [0.05, 0.1) is 17.7 Å². The van der Waals surface area contributed by atoms with E-state index in [4.69, 9.17) is 16.3 Å². The third-order valence-electron chi connectivity index (χ3n) is 5.88. The number of ether oxygens (including phenoxy) is 1. The van der Waals surface area contributed by atoms with Gasteiger partial charge in [-0.3, -0.25) is 9.59 Å². The summed E-state index contributed by atoms with van der Waals surface area (Å²) < 4.78 is 5.72. The van der Waals surface area contributed by atoms with Crippen molar-refractivity contribution in [2.45, 2.75) is 44.2 Å². The highest BCUT2D eigenvalue weighted by Gasteiger charge is 2.49. The Labute approximate surface area is 169 Å². The number of nitrogens with zero attached hydrogens (tertiary/aromatic N) is 1. The predicted molar refractivity (Wildman–Crippen MR) is 107 cm³/mol. The molecule has 0 aromatic heterocycles. The Morgan fingerprint density at radius 1 is 1.18 bits per heavy atom. The van der Waals surface area contributed by atoms with Gasteiger partial charge in [-0.15, -0.1) is 0 Å². The molecule has 1 aromatic carbocycles. The molecular weight excluding hydrogens is 378 g/mol. The number of benzene rings is 1. The van der Waals surface area contributed by atoms with Crippen LogP contribution in [0, 0.1) is 5.92 Å². The fourth-order valence-corrected chi connectivity index (χ4v) is 4.60. The van der Waals surface area contributed by atoms with E-state index in [2.05, 4.69) is 12.2 Å². The first-order chi connectivity index (χ1) is 13.6. The van der Waals surface area contributed by atoms with Crippen LogP contribution in [-0.2, 0) is 14.3 Å². The van der Waals surface area contributed by atoms with Gasteiger partial charge in [-0.05, 0) is 62.3 Å². The number of aliphatic hydroxyl groups excluding tert-OH is 1. The molecule has 1 aliphatic carbocycles. The average Bonchev–Trinajstić information content (AvgIpc) is 3.31. The molecule has 5 nitrogen and oxygen atoms in total. The van der Waals surface area contributed by atoms with Gasteiger partial charge in [-0.25, -0.2) is 0 Å². The Morgan fingerprint density at radius 3 is 2.61 bits per heavy atom. The third-order valence-corrected chi connectivity index (χ3v) is 6.14. The van der Waals surface area contributed by atoms with E-state index >= 15 is 0 Å². The average molecular weight is 402 g/mol. The van der Waals surface area contributed by atoms with E-state index in [1.807, 2.05) is 0 Å². The molecule has 2 aliphatic heterocycles. The number of carbonyl (C=O) groups is 2. The van der Waals surface area contributed by atoms with Gasteiger partial charge in [0.1, 0.15) is 5.76 Å². The van der Waals surface area contributed by atoms with Crippen LogP contribution >= 0.6 is 11.6 Å². The van der Waals surface area contributed by atoms with Crippen molar-refractivity contribution in [1.29, 1.82) is 0 Å². The van der Waals surface area contributed by atoms with Crippen LogP contribution in [0.25, 0.3) is 5.76 Å². The van der Waals surface area contributed by atoms with Gasteiger partial charge < -0.3 is 14.7 Å². The Morgan fingerprint density at radius 2 is 1.96 bits per heavy atom. The van der Waals surface area contributed by atoms with Gasteiger partial charge in [0, 0.05) is 23.7 Å². The highest BCUT2D eigenvalue weighted by Crippen LogP contribution is 2.38. The zero-order valence-corrected chi connectivity index (χ0v) is 16.4. The lowest BCUT2D eigenvalue weighted by atomic mass is 9.83. The SMILES string of the molecule is O=C1C(=O)N(CC2CCCO2)C(C2CC=CCC2)C1=C(O)c1ccc(Cl)cc1. The van der Waals surface area contributed by atoms with Crippen LogP contribution in [0.15, 0.2) is 42.0 Å². The zero-order chi connectivity index (χ0) is 19.7. The van der Waals surface area contributed by atoms with Crippen molar-refractivity contribution < 1.29 is 19.4 Å². The number of Topliss-reactive ketones (excluding diaryl/α,β-unsaturated/α-hetero) is 1. The summed E-state index contributed by atoms with van der Waals surface area (Å²) in [7, 11) is 0. The Hall–Kier alpha value is -2.11. The van der Waals surface area contributed by atoms with Gasteiger partial charge in [0.15, 0.2) is 0 Å². The maximum absolute atomic E-state index is 12.9. The Kier molecular flexibility index (Phi) is 5.56. The quantitative estimate of drug-likeness (QED) is 0.359. The van der Waals surface area contributed by atoms with Crippen molar-refractivity contribution in [3.63, 3.8) is 0 Å². The van der Waals surface area contributed by atoms with E-state index in [1.54, 1.807) is 29.2 Å². The molecule has 2 fully saturated rings. The number of carbonyl (C=O) groups excluding carboxylic acids is 2. The first-order valence-electron chi connectivity index (χ1n) is 9.87. The second kappa shape index (κ2) is 8.10. The minimum Gasteiger partial charge on any atom is -0.507 e. The van der Waals surface area contributed by atoms with E-state index in [0.717, 1.165) is 32.1 Å². The van der Waals surface area contributed by atoms with Crippen molar-refractivity contribution in [2.75, 3.05) is 13.2 Å². The van der Waals surface area contributed by atoms with Crippen molar-refractivity contribution in [3.8, 4) is 0 Å². The molecule has 1 N–H and O–H groups in total. The fourth-order valence-electron chi connectivity index (χ4n) is 4.47. The van der Waals surface area contributed by atoms with Gasteiger partial charge in [-0.2, -0.15) is 0 Å². The summed E-state index contributed by atoms with van der Waals surface area (Å²) in [6, 6.07) is 6.24. The number of aliphatic hydroxyl groups is 1. The highest BCUT2D eigenvalue weighted by atomic mass is 35.5. The largest absolute Gasteiger partial charge is 0.507 e. The molecule has 3 aliphatic rings. The third kappa shape index (κ3) is 3.61. The lowest BCUT2D eigenvalue weighted by molar-refractivity contribution is -0.141. The van der Waals surface area contributed by atoms with Crippen molar-refractivity contribution in [1.82, 2.24) is 4.90 Å². The minimum absolute atomic E-state index is 0.0459. The molecule has 1 amide bonds. The molecule has 6 heteroatoms. The lowest BCUT2D eigenvalue weighted by Crippen LogP contribution is -2.43. The number of amides is 1. The molecule has 2 heterocycles. The summed E-state index contributed by atoms with van der Waals surface area (Å²) in [5, 5.41) is 11.5. The summed E-state index contributed by atoms with van der Waals surface area (Å²) >= 11 is 5.95. The maximum atomic E-state index is 12.9. The van der Waals surface area contributed by atoms with Crippen LogP contribution < -0.4 is 0 Å². The molecule has 0 bridgehead atoms. The monoisotopic (exact) mass is 401 g/mol. The second-order valence-electron chi connectivity index (χ2n) is 7.68. The lowest BCUT2D eigenvalue weighted by Gasteiger charge is -2.33. The number of ketones is 1. The number of likely N-dealkylation sites (tertiary alicyclic amines) is 1. The number of hydrogen-bond donors (Lipinski definition) is 1. The van der Waals surface area contributed by atoms with Gasteiger partial charge in [0.2, 0.25) is 0 Å². The fraction of sp³-hybridized carbons (Fsp3) is 0.455. The first kappa shape index (κ1) is 19.2. The number of halogens is 1. The molecule has 4 rings (SSSR count). The van der Waals surface area contributed by atoms with E-state index in [0.29, 0.717) is 23.7 Å². The normalized spacial score (nSPS) is 29.6. The van der Waals surface area contributed by atoms with Crippen LogP contribution in [0.5, 0.6) is 0 Å². The molecule has 148 valence electrons. The molecule has 0 saturated carbocycles. The summed E-state index contributed by atoms with van der Waals surface area (Å²) in [4.78, 5) is 27.5. The van der Waals surface area contributed by atoms with Crippen LogP contribution in [0.4, 0.5) is 0 Å². The van der Waals surface area contributed by atoms with E-state index in [1.165, 1.54) is 0 Å². The smallest absolute Gasteiger partial charge is 0.295 e. The van der Waals surface area contributed by atoms with Crippen molar-refractivity contribution in [3.05, 3.63) is 52.6 Å². The first-order valence-corrected chi connectivity index (χ1v) is 10.2. The summed E-state index contributed by atoms with van der Waals surface area (Å²) in [6.07, 6.45) is 8.60. The number of allylic oxidation sites excluding steroid dienone is 2. The van der Waals surface area contributed by atoms with Gasteiger partial charge in [-0.1, -0.05) is 23.8 Å². The summed E-state index contributed by atoms with van der Waals surface area (Å²) in [5.74, 6) is -1.16. The predicted octanol–water partition coefficient (Wildman–Crippen LogP) is 3.92. The topological polar surface area (TPSA) is 66.8 Å². The summed E-state index contributed by atoms with van der Waals surface area (Å²) in [5.41, 5.74) is 0.710. The molecule has 2 saturated heterocycles. The molecule has 28 heavy (non-hydrogen) atoms. The number of hydrogen-bond acceptors (Lipinski definition) is 4. The minimum atomic E-state index is -0.606. The molecule has 3 unspecified atom stereocenters. The van der Waals surface area contributed by atoms with E-state index < -0.39 is 17.7 Å². The zero-order valence-electron chi connectivity index (χ0n) is 15.6. The van der Waals surface area contributed by atoms with Gasteiger partial charge >= 0.3 is 0 Å². The van der Waals surface area contributed by atoms with Crippen molar-refractivity contribution >= 4 is 29.1 Å². The molecule has 3 atom stereocenters. The Balaban J connectivity index is 1.74. The standard InChI is InChI=1S/C22H24ClNO4/c23-16-10-8-15(9-11-16)20(25)18-19(14-5-2-1-3-6-14)24(22(27)21(18)26)13-17-7-4-12-28-17/h1-2,8-11,14,17,19,25H,3-7,12-13H2. The van der Waals surface area contributed by atoms with Crippen molar-refractivity contribution in [2.24, 2.45) is 5.92 Å². The van der Waals surface area contributed by atoms with E-state index in [-0.39, 0.29) is 23.4 Å². The molecule has 0 spiro atoms. The van der Waals surface area contributed by atoms with Crippen LogP contribution in [0.2, 0.25) is 5.02 Å². The molecular formula is C22H24ClNO4. The second-order valence-corrected chi connectivity index (χ2v) is 8.12. The highest BCUT2D eigenvalue weighted by molar-refractivity contribution is 6.46. The molecule has 1 aromatic rings. The van der Waals surface area contributed by atoms with E-state index in [9.17, 15) is 14.7 Å². The Bertz CT molecular complexity index is 823.